The van der Waals surface area contributed by atoms with Crippen molar-refractivity contribution < 1.29 is 19.4 Å². The number of carbonyl (C=O) groups is 2. The van der Waals surface area contributed by atoms with Crippen LogP contribution in [0.15, 0.2) is 0 Å². The Morgan fingerprint density at radius 3 is 2.67 bits per heavy atom. The standard InChI is InChI=1S/C9H16N2O4/c1-15-3-2-7(9(13)14)11-8(12)6-4-10-5-6/h6-7,10H,2-5H2,1H3,(H,11,12)(H,13,14). The summed E-state index contributed by atoms with van der Waals surface area (Å²) in [5.41, 5.74) is 0. The predicted molar refractivity (Wildman–Crippen MR) is 52.4 cm³/mol. The van der Waals surface area contributed by atoms with Crippen LogP contribution in [0.5, 0.6) is 0 Å². The minimum atomic E-state index is -1.02. The number of carboxylic acid groups (broad SMARTS) is 1. The lowest BCUT2D eigenvalue weighted by atomic mass is 10.0. The van der Waals surface area contributed by atoms with Crippen LogP contribution in [0.25, 0.3) is 0 Å². The molecule has 0 spiro atoms. The molecule has 1 fully saturated rings. The fraction of sp³-hybridized carbons (Fsp3) is 0.778. The lowest BCUT2D eigenvalue weighted by Crippen LogP contribution is -2.54. The van der Waals surface area contributed by atoms with E-state index >= 15 is 0 Å². The van der Waals surface area contributed by atoms with Gasteiger partial charge >= 0.3 is 5.97 Å². The molecule has 1 aliphatic heterocycles. The topological polar surface area (TPSA) is 87.7 Å². The molecule has 0 aromatic heterocycles. The molecule has 6 heteroatoms. The summed E-state index contributed by atoms with van der Waals surface area (Å²) in [7, 11) is 1.50. The highest BCUT2D eigenvalue weighted by atomic mass is 16.5. The van der Waals surface area contributed by atoms with Crippen molar-refractivity contribution in [3.8, 4) is 0 Å². The van der Waals surface area contributed by atoms with Gasteiger partial charge in [0.2, 0.25) is 5.91 Å². The van der Waals surface area contributed by atoms with Crippen LogP contribution < -0.4 is 10.6 Å². The number of methoxy groups -OCH3 is 1. The first-order valence-electron chi connectivity index (χ1n) is 4.88. The van der Waals surface area contributed by atoms with E-state index in [0.29, 0.717) is 19.7 Å². The van der Waals surface area contributed by atoms with E-state index in [0.717, 1.165) is 0 Å². The monoisotopic (exact) mass is 216 g/mol. The van der Waals surface area contributed by atoms with Crippen LogP contribution in [0.3, 0.4) is 0 Å². The van der Waals surface area contributed by atoms with E-state index in [9.17, 15) is 9.59 Å². The predicted octanol–water partition coefficient (Wildman–Crippen LogP) is -1.19. The molecule has 1 rings (SSSR count). The third-order valence-corrected chi connectivity index (χ3v) is 2.38. The van der Waals surface area contributed by atoms with Gasteiger partial charge in [-0.15, -0.1) is 0 Å². The fourth-order valence-electron chi connectivity index (χ4n) is 1.26. The highest BCUT2D eigenvalue weighted by Crippen LogP contribution is 2.04. The maximum Gasteiger partial charge on any atom is 0.326 e. The van der Waals surface area contributed by atoms with E-state index in [-0.39, 0.29) is 18.2 Å². The molecular weight excluding hydrogens is 200 g/mol. The number of amides is 1. The summed E-state index contributed by atoms with van der Waals surface area (Å²) in [6.07, 6.45) is 0.289. The first-order valence-corrected chi connectivity index (χ1v) is 4.88. The second-order valence-corrected chi connectivity index (χ2v) is 3.54. The van der Waals surface area contributed by atoms with Crippen LogP contribution >= 0.6 is 0 Å². The number of hydrogen-bond donors (Lipinski definition) is 3. The van der Waals surface area contributed by atoms with Gasteiger partial charge in [0.15, 0.2) is 0 Å². The molecule has 1 amide bonds. The van der Waals surface area contributed by atoms with Gasteiger partial charge in [0.05, 0.1) is 5.92 Å². The van der Waals surface area contributed by atoms with Crippen LogP contribution in [-0.4, -0.2) is 49.8 Å². The Balaban J connectivity index is 2.35. The second kappa shape index (κ2) is 5.67. The lowest BCUT2D eigenvalue weighted by molar-refractivity contribution is -0.143. The smallest absolute Gasteiger partial charge is 0.326 e. The van der Waals surface area contributed by atoms with Gasteiger partial charge in [0, 0.05) is 33.2 Å². The number of carboxylic acids is 1. The number of carbonyl (C=O) groups excluding carboxylic acids is 1. The Bertz CT molecular complexity index is 240. The highest BCUT2D eigenvalue weighted by molar-refractivity contribution is 5.85. The van der Waals surface area contributed by atoms with Crippen molar-refractivity contribution in [1.29, 1.82) is 0 Å². The third-order valence-electron chi connectivity index (χ3n) is 2.38. The molecule has 15 heavy (non-hydrogen) atoms. The van der Waals surface area contributed by atoms with Gasteiger partial charge in [-0.3, -0.25) is 4.79 Å². The lowest BCUT2D eigenvalue weighted by Gasteiger charge is -2.27. The van der Waals surface area contributed by atoms with Gasteiger partial charge < -0.3 is 20.5 Å². The summed E-state index contributed by atoms with van der Waals surface area (Å²) in [4.78, 5) is 22.2. The molecule has 0 aromatic carbocycles. The molecule has 1 saturated heterocycles. The van der Waals surface area contributed by atoms with Crippen molar-refractivity contribution in [1.82, 2.24) is 10.6 Å². The minimum Gasteiger partial charge on any atom is -0.480 e. The van der Waals surface area contributed by atoms with Crippen molar-refractivity contribution in [2.45, 2.75) is 12.5 Å². The van der Waals surface area contributed by atoms with Crippen molar-refractivity contribution >= 4 is 11.9 Å². The number of rotatable bonds is 6. The summed E-state index contributed by atoms with van der Waals surface area (Å²) < 4.78 is 4.78. The van der Waals surface area contributed by atoms with Crippen LogP contribution in [0, 0.1) is 5.92 Å². The van der Waals surface area contributed by atoms with E-state index < -0.39 is 12.0 Å². The third kappa shape index (κ3) is 3.49. The van der Waals surface area contributed by atoms with E-state index in [1.807, 2.05) is 0 Å². The molecule has 0 saturated carbocycles. The van der Waals surface area contributed by atoms with Crippen LogP contribution in [0.4, 0.5) is 0 Å². The van der Waals surface area contributed by atoms with Crippen LogP contribution in [0.1, 0.15) is 6.42 Å². The summed E-state index contributed by atoms with van der Waals surface area (Å²) in [6.45, 7) is 1.57. The number of aliphatic carboxylic acids is 1. The minimum absolute atomic E-state index is 0.0885. The number of nitrogens with one attached hydrogen (secondary N) is 2. The molecule has 1 unspecified atom stereocenters. The molecule has 0 aromatic rings. The summed E-state index contributed by atoms with van der Waals surface area (Å²) in [5, 5.41) is 14.3. The van der Waals surface area contributed by atoms with E-state index in [1.165, 1.54) is 7.11 Å². The van der Waals surface area contributed by atoms with Crippen molar-refractivity contribution in [2.75, 3.05) is 26.8 Å². The molecule has 6 nitrogen and oxygen atoms in total. The SMILES string of the molecule is COCCC(NC(=O)C1CNC1)C(=O)O. The zero-order valence-corrected chi connectivity index (χ0v) is 8.66. The zero-order valence-electron chi connectivity index (χ0n) is 8.66. The van der Waals surface area contributed by atoms with Gasteiger partial charge in [0.1, 0.15) is 6.04 Å². The van der Waals surface area contributed by atoms with Crippen molar-refractivity contribution in [3.63, 3.8) is 0 Å². The fourth-order valence-corrected chi connectivity index (χ4v) is 1.26. The van der Waals surface area contributed by atoms with Gasteiger partial charge in [-0.1, -0.05) is 0 Å². The summed E-state index contributed by atoms with van der Waals surface area (Å²) in [5.74, 6) is -1.31. The molecule has 0 radical (unpaired) electrons. The summed E-state index contributed by atoms with van der Waals surface area (Å²) >= 11 is 0. The molecule has 0 aliphatic carbocycles. The maximum atomic E-state index is 11.4. The largest absolute Gasteiger partial charge is 0.480 e. The van der Waals surface area contributed by atoms with Crippen molar-refractivity contribution in [2.24, 2.45) is 5.92 Å². The molecular formula is C9H16N2O4. The van der Waals surface area contributed by atoms with Gasteiger partial charge in [-0.25, -0.2) is 4.79 Å². The van der Waals surface area contributed by atoms with E-state index in [2.05, 4.69) is 10.6 Å². The van der Waals surface area contributed by atoms with E-state index in [4.69, 9.17) is 9.84 Å². The average Bonchev–Trinajstić information content (AvgIpc) is 2.08. The normalized spacial score (nSPS) is 17.9. The van der Waals surface area contributed by atoms with Crippen molar-refractivity contribution in [3.05, 3.63) is 0 Å². The van der Waals surface area contributed by atoms with Crippen LogP contribution in [-0.2, 0) is 14.3 Å². The van der Waals surface area contributed by atoms with E-state index in [1.54, 1.807) is 0 Å². The first-order chi connectivity index (χ1) is 7.15. The molecule has 86 valence electrons. The first kappa shape index (κ1) is 11.9. The summed E-state index contributed by atoms with van der Waals surface area (Å²) in [6, 6.07) is -0.849. The van der Waals surface area contributed by atoms with Gasteiger partial charge in [-0.05, 0) is 0 Å². The van der Waals surface area contributed by atoms with Gasteiger partial charge in [-0.2, -0.15) is 0 Å². The molecule has 1 atom stereocenters. The number of ether oxygens (including phenoxy) is 1. The average molecular weight is 216 g/mol. The Hall–Kier alpha value is -1.14. The van der Waals surface area contributed by atoms with Gasteiger partial charge in [0.25, 0.3) is 0 Å². The Morgan fingerprint density at radius 2 is 2.27 bits per heavy atom. The maximum absolute atomic E-state index is 11.4. The molecule has 0 bridgehead atoms. The van der Waals surface area contributed by atoms with Crippen LogP contribution in [0.2, 0.25) is 0 Å². The Kier molecular flexibility index (Phi) is 4.51. The zero-order chi connectivity index (χ0) is 11.3. The molecule has 1 aliphatic rings. The highest BCUT2D eigenvalue weighted by Gasteiger charge is 2.28. The Morgan fingerprint density at radius 1 is 1.60 bits per heavy atom. The molecule has 3 N–H and O–H groups in total. The molecule has 1 heterocycles. The number of hydrogen-bond acceptors (Lipinski definition) is 4. The second-order valence-electron chi connectivity index (χ2n) is 3.54. The Labute approximate surface area is 88.0 Å². The quantitative estimate of drug-likeness (QED) is 0.519.